The summed E-state index contributed by atoms with van der Waals surface area (Å²) in [6, 6.07) is 8.77. The number of furan rings is 1. The smallest absolute Gasteiger partial charge is 0.268 e. The van der Waals surface area contributed by atoms with Crippen LogP contribution < -0.4 is 16.1 Å². The first kappa shape index (κ1) is 27.9. The zero-order valence-electron chi connectivity index (χ0n) is 20.8. The summed E-state index contributed by atoms with van der Waals surface area (Å²) in [4.78, 5) is 26.3. The molecule has 10 heteroatoms. The molecule has 1 aliphatic heterocycles. The van der Waals surface area contributed by atoms with E-state index in [4.69, 9.17) is 14.4 Å². The molecule has 2 unspecified atom stereocenters. The van der Waals surface area contributed by atoms with Crippen molar-refractivity contribution in [3.63, 3.8) is 0 Å². The number of aliphatic hydroxyl groups is 1. The number of benzene rings is 1. The minimum Gasteiger partial charge on any atom is -0.451 e. The number of carbonyl (C=O) groups is 2. The first-order chi connectivity index (χ1) is 18.0. The number of hydrogen-bond donors (Lipinski definition) is 5. The summed E-state index contributed by atoms with van der Waals surface area (Å²) in [5.74, 6) is 11.1. The summed E-state index contributed by atoms with van der Waals surface area (Å²) < 4.78 is 11.1. The third kappa shape index (κ3) is 9.39. The molecule has 0 bridgehead atoms. The number of ether oxygens (including phenoxy) is 1. The van der Waals surface area contributed by atoms with Crippen molar-refractivity contribution in [2.45, 2.75) is 32.0 Å². The summed E-state index contributed by atoms with van der Waals surface area (Å²) in [5.41, 5.74) is 2.33. The van der Waals surface area contributed by atoms with Gasteiger partial charge in [-0.3, -0.25) is 19.7 Å². The van der Waals surface area contributed by atoms with Crippen molar-refractivity contribution in [3.05, 3.63) is 59.0 Å². The molecule has 2 amide bonds. The Balaban J connectivity index is 1.42. The van der Waals surface area contributed by atoms with Crippen molar-refractivity contribution in [2.75, 3.05) is 39.4 Å². The lowest BCUT2D eigenvalue weighted by Crippen LogP contribution is -2.51. The Bertz CT molecular complexity index is 1150. The molecular formula is C27H32N4O6. The number of aliphatic hydroxyl groups excluding tert-OH is 1. The molecule has 3 rings (SSSR count). The second-order valence-corrected chi connectivity index (χ2v) is 8.50. The molecule has 1 aromatic heterocycles. The van der Waals surface area contributed by atoms with E-state index in [9.17, 15) is 14.7 Å². The van der Waals surface area contributed by atoms with Crippen LogP contribution in [0.2, 0.25) is 0 Å². The molecule has 37 heavy (non-hydrogen) atoms. The Labute approximate surface area is 216 Å². The molecule has 2 atom stereocenters. The SMILES string of the molecule is CC(O)C(NC(=O)c1ccc(C#CC#Cc2ccc(CNCCCN3CCOCC3)o2)cc1)C(=O)NO. The van der Waals surface area contributed by atoms with Crippen molar-refractivity contribution >= 4 is 11.8 Å². The molecule has 1 aliphatic rings. The maximum Gasteiger partial charge on any atom is 0.268 e. The van der Waals surface area contributed by atoms with Gasteiger partial charge in [-0.05, 0) is 80.6 Å². The summed E-state index contributed by atoms with van der Waals surface area (Å²) in [6.45, 7) is 7.58. The van der Waals surface area contributed by atoms with E-state index in [1.54, 1.807) is 12.1 Å². The monoisotopic (exact) mass is 508 g/mol. The fraction of sp³-hybridized carbons (Fsp3) is 0.407. The Morgan fingerprint density at radius 3 is 2.51 bits per heavy atom. The zero-order valence-corrected chi connectivity index (χ0v) is 20.8. The van der Waals surface area contributed by atoms with Crippen LogP contribution in [0, 0.1) is 23.7 Å². The molecule has 2 aromatic rings. The Morgan fingerprint density at radius 1 is 1.08 bits per heavy atom. The van der Waals surface area contributed by atoms with Gasteiger partial charge in [0.2, 0.25) is 0 Å². The average molecular weight is 509 g/mol. The third-order valence-corrected chi connectivity index (χ3v) is 5.66. The van der Waals surface area contributed by atoms with Crippen molar-refractivity contribution in [3.8, 4) is 23.7 Å². The number of morpholine rings is 1. The minimum absolute atomic E-state index is 0.269. The first-order valence-corrected chi connectivity index (χ1v) is 12.1. The van der Waals surface area contributed by atoms with Crippen LogP contribution in [-0.4, -0.2) is 78.6 Å². The minimum atomic E-state index is -1.29. The van der Waals surface area contributed by atoms with Crippen molar-refractivity contribution in [2.24, 2.45) is 0 Å². The first-order valence-electron chi connectivity index (χ1n) is 12.1. The molecular weight excluding hydrogens is 476 g/mol. The highest BCUT2D eigenvalue weighted by Crippen LogP contribution is 2.07. The lowest BCUT2D eigenvalue weighted by atomic mass is 10.1. The maximum atomic E-state index is 12.3. The van der Waals surface area contributed by atoms with Crippen LogP contribution in [-0.2, 0) is 16.1 Å². The Kier molecular flexibility index (Phi) is 11.2. The fourth-order valence-corrected chi connectivity index (χ4v) is 3.60. The van der Waals surface area contributed by atoms with Crippen molar-refractivity contribution in [1.82, 2.24) is 21.0 Å². The van der Waals surface area contributed by atoms with Crippen LogP contribution in [0.25, 0.3) is 0 Å². The predicted octanol–water partition coefficient (Wildman–Crippen LogP) is 0.479. The second kappa shape index (κ2) is 14.8. The lowest BCUT2D eigenvalue weighted by molar-refractivity contribution is -0.133. The quantitative estimate of drug-likeness (QED) is 0.135. The number of carbonyl (C=O) groups excluding carboxylic acids is 2. The predicted molar refractivity (Wildman–Crippen MR) is 135 cm³/mol. The molecule has 0 aliphatic carbocycles. The van der Waals surface area contributed by atoms with Gasteiger partial charge in [-0.2, -0.15) is 0 Å². The second-order valence-electron chi connectivity index (χ2n) is 8.50. The van der Waals surface area contributed by atoms with E-state index in [1.165, 1.54) is 24.5 Å². The van der Waals surface area contributed by atoms with E-state index in [-0.39, 0.29) is 5.56 Å². The molecule has 1 aromatic carbocycles. The van der Waals surface area contributed by atoms with Gasteiger partial charge in [0.25, 0.3) is 11.8 Å². The van der Waals surface area contributed by atoms with Gasteiger partial charge >= 0.3 is 0 Å². The highest BCUT2D eigenvalue weighted by molar-refractivity contribution is 5.97. The number of hydrogen-bond acceptors (Lipinski definition) is 8. The third-order valence-electron chi connectivity index (χ3n) is 5.66. The Morgan fingerprint density at radius 2 is 1.81 bits per heavy atom. The van der Waals surface area contributed by atoms with E-state index in [2.05, 4.69) is 39.2 Å². The Hall–Kier alpha value is -3.64. The molecule has 5 N–H and O–H groups in total. The van der Waals surface area contributed by atoms with Crippen molar-refractivity contribution < 1.29 is 29.1 Å². The van der Waals surface area contributed by atoms with Crippen molar-refractivity contribution in [1.29, 1.82) is 0 Å². The molecule has 1 fully saturated rings. The van der Waals surface area contributed by atoms with Crippen LogP contribution in [0.3, 0.4) is 0 Å². The number of nitrogens with one attached hydrogen (secondary N) is 3. The molecule has 0 radical (unpaired) electrons. The highest BCUT2D eigenvalue weighted by Gasteiger charge is 2.25. The average Bonchev–Trinajstić information content (AvgIpc) is 3.37. The summed E-state index contributed by atoms with van der Waals surface area (Å²) in [7, 11) is 0. The summed E-state index contributed by atoms with van der Waals surface area (Å²) in [6.07, 6.45) is -0.121. The number of rotatable bonds is 10. The van der Waals surface area contributed by atoms with E-state index in [0.29, 0.717) is 17.9 Å². The molecule has 0 spiro atoms. The van der Waals surface area contributed by atoms with Gasteiger partial charge < -0.3 is 24.9 Å². The number of hydroxylamine groups is 1. The number of nitrogens with zero attached hydrogens (tertiary/aromatic N) is 1. The lowest BCUT2D eigenvalue weighted by Gasteiger charge is -2.26. The van der Waals surface area contributed by atoms with Gasteiger partial charge in [-0.15, -0.1) is 0 Å². The van der Waals surface area contributed by atoms with Crippen LogP contribution in [0.1, 0.15) is 40.8 Å². The van der Waals surface area contributed by atoms with Crippen LogP contribution in [0.15, 0.2) is 40.8 Å². The summed E-state index contributed by atoms with van der Waals surface area (Å²) in [5, 5.41) is 24.1. The van der Waals surface area contributed by atoms with Crippen LogP contribution in [0.5, 0.6) is 0 Å². The fourth-order valence-electron chi connectivity index (χ4n) is 3.60. The molecule has 196 valence electrons. The van der Waals surface area contributed by atoms with Gasteiger partial charge in [-0.25, -0.2) is 5.48 Å². The van der Waals surface area contributed by atoms with Crippen LogP contribution in [0.4, 0.5) is 0 Å². The normalized spacial score (nSPS) is 14.9. The van der Waals surface area contributed by atoms with Gasteiger partial charge in [0, 0.05) is 24.2 Å². The topological polar surface area (TPSA) is 136 Å². The maximum absolute atomic E-state index is 12.3. The highest BCUT2D eigenvalue weighted by atomic mass is 16.5. The van der Waals surface area contributed by atoms with Crippen LogP contribution >= 0.6 is 0 Å². The van der Waals surface area contributed by atoms with Gasteiger partial charge in [0.15, 0.2) is 5.76 Å². The molecule has 2 heterocycles. The summed E-state index contributed by atoms with van der Waals surface area (Å²) >= 11 is 0. The largest absolute Gasteiger partial charge is 0.451 e. The van der Waals surface area contributed by atoms with E-state index in [1.807, 2.05) is 12.1 Å². The number of amides is 2. The van der Waals surface area contributed by atoms with E-state index < -0.39 is 24.0 Å². The molecule has 10 nitrogen and oxygen atoms in total. The van der Waals surface area contributed by atoms with E-state index >= 15 is 0 Å². The molecule has 0 saturated carbocycles. The van der Waals surface area contributed by atoms with E-state index in [0.717, 1.165) is 51.6 Å². The van der Waals surface area contributed by atoms with Gasteiger partial charge in [-0.1, -0.05) is 5.92 Å². The molecule has 1 saturated heterocycles. The van der Waals surface area contributed by atoms with Gasteiger partial charge in [0.05, 0.1) is 25.9 Å². The zero-order chi connectivity index (χ0) is 26.5. The standard InChI is InChI=1S/C27H32N4O6/c1-20(32)25(27(34)30-35)29-26(33)22-9-7-21(8-10-22)5-2-3-6-23-11-12-24(37-23)19-28-13-4-14-31-15-17-36-18-16-31/h7-12,20,25,28,32,35H,4,13-19H2,1H3,(H,29,33)(H,30,34). The van der Waals surface area contributed by atoms with Gasteiger partial charge in [0.1, 0.15) is 11.8 Å².